The van der Waals surface area contributed by atoms with Gasteiger partial charge >= 0.3 is 6.03 Å². The van der Waals surface area contributed by atoms with Crippen LogP contribution in [0.5, 0.6) is 0 Å². The monoisotopic (exact) mass is 254 g/mol. The lowest BCUT2D eigenvalue weighted by Gasteiger charge is -2.22. The van der Waals surface area contributed by atoms with Crippen LogP contribution in [0, 0.1) is 0 Å². The van der Waals surface area contributed by atoms with E-state index in [2.05, 4.69) is 5.32 Å². The molecule has 1 rings (SSSR count). The molecule has 0 aromatic heterocycles. The molecule has 2 amide bonds. The largest absolute Gasteiger partial charge is 0.379 e. The van der Waals surface area contributed by atoms with Gasteiger partial charge in [-0.05, 0) is 6.42 Å². The van der Waals surface area contributed by atoms with Crippen LogP contribution in [0.1, 0.15) is 6.42 Å². The van der Waals surface area contributed by atoms with Gasteiger partial charge in [-0.15, -0.1) is 23.2 Å². The lowest BCUT2D eigenvalue weighted by molar-refractivity contribution is 0.180. The number of nitrogens with zero attached hydrogens (tertiary/aromatic N) is 1. The molecule has 1 heterocycles. The smallest absolute Gasteiger partial charge is 0.317 e. The summed E-state index contributed by atoms with van der Waals surface area (Å²) in [7, 11) is 0. The van der Waals surface area contributed by atoms with Crippen molar-refractivity contribution in [3.63, 3.8) is 0 Å². The zero-order chi connectivity index (χ0) is 11.1. The zero-order valence-corrected chi connectivity index (χ0v) is 10.1. The maximum atomic E-state index is 11.7. The van der Waals surface area contributed by atoms with Crippen molar-refractivity contribution in [3.05, 3.63) is 0 Å². The molecule has 0 bridgehead atoms. The number of urea groups is 1. The standard InChI is InChI=1S/C9H16Cl2N2O2/c10-2-4-13(5-3-11)9(14)12-8-1-6-15-7-8/h8H,1-7H2,(H,12,14). The fourth-order valence-electron chi connectivity index (χ4n) is 1.43. The first-order chi connectivity index (χ1) is 7.27. The quantitative estimate of drug-likeness (QED) is 0.751. The molecule has 1 aliphatic rings. The lowest BCUT2D eigenvalue weighted by atomic mass is 10.3. The summed E-state index contributed by atoms with van der Waals surface area (Å²) in [6, 6.07) is 0.0254. The molecule has 1 N–H and O–H groups in total. The Bertz CT molecular complexity index is 193. The molecule has 0 spiro atoms. The number of halogens is 2. The summed E-state index contributed by atoms with van der Waals surface area (Å²) in [5, 5.41) is 2.89. The van der Waals surface area contributed by atoms with Gasteiger partial charge in [0.2, 0.25) is 0 Å². The normalized spacial score (nSPS) is 20.3. The summed E-state index contributed by atoms with van der Waals surface area (Å²) >= 11 is 11.2. The summed E-state index contributed by atoms with van der Waals surface area (Å²) in [5.41, 5.74) is 0. The van der Waals surface area contributed by atoms with Crippen LogP contribution in [0.15, 0.2) is 0 Å². The fraction of sp³-hybridized carbons (Fsp3) is 0.889. The summed E-state index contributed by atoms with van der Waals surface area (Å²) in [4.78, 5) is 13.3. The first-order valence-corrected chi connectivity index (χ1v) is 6.10. The van der Waals surface area contributed by atoms with Crippen molar-refractivity contribution in [2.24, 2.45) is 0 Å². The molecule has 0 aliphatic carbocycles. The van der Waals surface area contributed by atoms with Crippen LogP contribution in [0.4, 0.5) is 4.79 Å². The predicted molar refractivity (Wildman–Crippen MR) is 60.8 cm³/mol. The van der Waals surface area contributed by atoms with Crippen molar-refractivity contribution < 1.29 is 9.53 Å². The van der Waals surface area contributed by atoms with E-state index in [0.29, 0.717) is 31.5 Å². The summed E-state index contributed by atoms with van der Waals surface area (Å²) < 4.78 is 5.17. The first-order valence-electron chi connectivity index (χ1n) is 5.03. The molecule has 1 fully saturated rings. The van der Waals surface area contributed by atoms with Crippen molar-refractivity contribution in [1.82, 2.24) is 10.2 Å². The van der Waals surface area contributed by atoms with Crippen LogP contribution in [-0.2, 0) is 4.74 Å². The molecule has 15 heavy (non-hydrogen) atoms. The van der Waals surface area contributed by atoms with Crippen molar-refractivity contribution in [3.8, 4) is 0 Å². The molecule has 0 aromatic rings. The van der Waals surface area contributed by atoms with E-state index in [0.717, 1.165) is 13.0 Å². The number of nitrogens with one attached hydrogen (secondary N) is 1. The van der Waals surface area contributed by atoms with Gasteiger partial charge < -0.3 is 15.0 Å². The van der Waals surface area contributed by atoms with Gasteiger partial charge in [0.05, 0.1) is 12.6 Å². The van der Waals surface area contributed by atoms with Crippen molar-refractivity contribution in [1.29, 1.82) is 0 Å². The highest BCUT2D eigenvalue weighted by Crippen LogP contribution is 2.04. The van der Waals surface area contributed by atoms with Crippen molar-refractivity contribution in [2.45, 2.75) is 12.5 Å². The predicted octanol–water partition coefficient (Wildman–Crippen LogP) is 1.26. The van der Waals surface area contributed by atoms with E-state index in [9.17, 15) is 4.79 Å². The third-order valence-electron chi connectivity index (χ3n) is 2.25. The Morgan fingerprint density at radius 1 is 1.40 bits per heavy atom. The molecule has 88 valence electrons. The van der Waals surface area contributed by atoms with Gasteiger partial charge in [0.25, 0.3) is 0 Å². The van der Waals surface area contributed by atoms with Gasteiger partial charge in [-0.3, -0.25) is 0 Å². The molecule has 1 aliphatic heterocycles. The van der Waals surface area contributed by atoms with E-state index in [1.165, 1.54) is 0 Å². The number of amides is 2. The lowest BCUT2D eigenvalue weighted by Crippen LogP contribution is -2.46. The highest BCUT2D eigenvalue weighted by atomic mass is 35.5. The molecular formula is C9H16Cl2N2O2. The van der Waals surface area contributed by atoms with Crippen molar-refractivity contribution in [2.75, 3.05) is 38.1 Å². The van der Waals surface area contributed by atoms with Gasteiger partial charge in [0, 0.05) is 31.5 Å². The number of rotatable bonds is 5. The Labute approximate surface area is 99.8 Å². The van der Waals surface area contributed by atoms with E-state index in [1.54, 1.807) is 4.90 Å². The third-order valence-corrected chi connectivity index (χ3v) is 2.59. The zero-order valence-electron chi connectivity index (χ0n) is 8.55. The number of carbonyl (C=O) groups is 1. The maximum absolute atomic E-state index is 11.7. The summed E-state index contributed by atoms with van der Waals surface area (Å²) in [5.74, 6) is 0.844. The van der Waals surface area contributed by atoms with E-state index in [4.69, 9.17) is 27.9 Å². The van der Waals surface area contributed by atoms with E-state index >= 15 is 0 Å². The summed E-state index contributed by atoms with van der Waals surface area (Å²) in [6.07, 6.45) is 0.876. The van der Waals surface area contributed by atoms with Crippen LogP contribution in [0.3, 0.4) is 0 Å². The van der Waals surface area contributed by atoms with Crippen LogP contribution in [-0.4, -0.2) is 55.0 Å². The Morgan fingerprint density at radius 2 is 2.07 bits per heavy atom. The Morgan fingerprint density at radius 3 is 2.53 bits per heavy atom. The molecule has 1 saturated heterocycles. The molecule has 1 unspecified atom stereocenters. The van der Waals surface area contributed by atoms with E-state index in [1.807, 2.05) is 0 Å². The SMILES string of the molecule is O=C(NC1CCOC1)N(CCCl)CCCl. The first kappa shape index (κ1) is 12.9. The van der Waals surface area contributed by atoms with E-state index < -0.39 is 0 Å². The molecule has 4 nitrogen and oxygen atoms in total. The Kier molecular flexibility index (Phi) is 6.13. The number of hydrogen-bond donors (Lipinski definition) is 1. The molecule has 6 heteroatoms. The van der Waals surface area contributed by atoms with Gasteiger partial charge in [-0.1, -0.05) is 0 Å². The molecular weight excluding hydrogens is 239 g/mol. The average molecular weight is 255 g/mol. The van der Waals surface area contributed by atoms with Crippen molar-refractivity contribution >= 4 is 29.2 Å². The second-order valence-corrected chi connectivity index (χ2v) is 4.13. The van der Waals surface area contributed by atoms with Crippen LogP contribution in [0.2, 0.25) is 0 Å². The van der Waals surface area contributed by atoms with E-state index in [-0.39, 0.29) is 12.1 Å². The number of ether oxygens (including phenoxy) is 1. The van der Waals surface area contributed by atoms with Gasteiger partial charge in [0.1, 0.15) is 0 Å². The van der Waals surface area contributed by atoms with Gasteiger partial charge in [-0.2, -0.15) is 0 Å². The third kappa shape index (κ3) is 4.45. The average Bonchev–Trinajstić information content (AvgIpc) is 2.70. The minimum Gasteiger partial charge on any atom is -0.379 e. The molecule has 0 aromatic carbocycles. The topological polar surface area (TPSA) is 41.6 Å². The highest BCUT2D eigenvalue weighted by molar-refractivity contribution is 6.18. The molecule has 1 atom stereocenters. The highest BCUT2D eigenvalue weighted by Gasteiger charge is 2.20. The maximum Gasteiger partial charge on any atom is 0.317 e. The second-order valence-electron chi connectivity index (χ2n) is 3.38. The van der Waals surface area contributed by atoms with Crippen LogP contribution >= 0.6 is 23.2 Å². The minimum absolute atomic E-state index is 0.105. The Hall–Kier alpha value is -0.190. The molecule has 0 radical (unpaired) electrons. The van der Waals surface area contributed by atoms with Gasteiger partial charge in [-0.25, -0.2) is 4.79 Å². The molecule has 0 saturated carbocycles. The number of hydrogen-bond acceptors (Lipinski definition) is 2. The van der Waals surface area contributed by atoms with Crippen LogP contribution in [0.25, 0.3) is 0 Å². The summed E-state index contributed by atoms with van der Waals surface area (Å²) in [6.45, 7) is 2.36. The number of carbonyl (C=O) groups excluding carboxylic acids is 1. The second kappa shape index (κ2) is 7.14. The van der Waals surface area contributed by atoms with Crippen LogP contribution < -0.4 is 5.32 Å². The number of alkyl halides is 2. The minimum atomic E-state index is -0.105. The van der Waals surface area contributed by atoms with Gasteiger partial charge in [0.15, 0.2) is 0 Å². The Balaban J connectivity index is 2.33. The fourth-order valence-corrected chi connectivity index (χ4v) is 1.84.